The van der Waals surface area contributed by atoms with Crippen molar-refractivity contribution in [3.8, 4) is 11.5 Å². The van der Waals surface area contributed by atoms with Gasteiger partial charge in [0.05, 0.1) is 7.11 Å². The van der Waals surface area contributed by atoms with Crippen molar-refractivity contribution in [3.05, 3.63) is 66.2 Å². The highest BCUT2D eigenvalue weighted by molar-refractivity contribution is 7.87. The number of nitrogens with one attached hydrogen (secondary N) is 1. The second-order valence-corrected chi connectivity index (χ2v) is 7.38. The summed E-state index contributed by atoms with van der Waals surface area (Å²) in [6.07, 6.45) is -2.31. The minimum atomic E-state index is -4.55. The van der Waals surface area contributed by atoms with Crippen molar-refractivity contribution in [1.82, 2.24) is 5.32 Å². The van der Waals surface area contributed by atoms with Crippen LogP contribution in [0.2, 0.25) is 0 Å². The van der Waals surface area contributed by atoms with Crippen LogP contribution in [-0.2, 0) is 16.5 Å². The summed E-state index contributed by atoms with van der Waals surface area (Å²) in [7, 11) is -2.90. The van der Waals surface area contributed by atoms with Crippen LogP contribution in [0.4, 0.5) is 13.2 Å². The van der Waals surface area contributed by atoms with E-state index < -0.39 is 28.7 Å². The minimum Gasteiger partial charge on any atom is -0.493 e. The molecule has 2 rings (SSSR count). The van der Waals surface area contributed by atoms with Gasteiger partial charge in [-0.3, -0.25) is 4.79 Å². The van der Waals surface area contributed by atoms with Gasteiger partial charge in [-0.1, -0.05) is 12.1 Å². The van der Waals surface area contributed by atoms with Crippen molar-refractivity contribution < 1.29 is 35.3 Å². The average Bonchev–Trinajstić information content (AvgIpc) is 2.67. The van der Waals surface area contributed by atoms with E-state index in [2.05, 4.69) is 6.58 Å². The van der Waals surface area contributed by atoms with E-state index in [0.29, 0.717) is 6.42 Å². The van der Waals surface area contributed by atoms with Crippen LogP contribution in [0.25, 0.3) is 0 Å². The molecular weight excluding hydrogens is 411 g/mol. The number of hydrogen-bond acceptors (Lipinski definition) is 5. The van der Waals surface area contributed by atoms with E-state index in [1.807, 2.05) is 0 Å². The molecule has 0 aliphatic rings. The van der Waals surface area contributed by atoms with Crippen LogP contribution in [0.1, 0.15) is 15.9 Å². The zero-order valence-corrected chi connectivity index (χ0v) is 16.1. The standard InChI is InChI=1S/C19H18F3NO5S/c1-3-4-13-5-10-16(17(11-13)27-2)28-29(25,26)15-8-6-14(7-9-15)18(24)23-12-19(20,21)22/h3,5-11H,1,4,12H2,2H3,(H,23,24). The molecule has 10 heteroatoms. The number of carbonyl (C=O) groups is 1. The first-order chi connectivity index (χ1) is 13.6. The molecule has 29 heavy (non-hydrogen) atoms. The van der Waals surface area contributed by atoms with Crippen molar-refractivity contribution in [2.45, 2.75) is 17.5 Å². The molecule has 0 aliphatic carbocycles. The molecule has 1 N–H and O–H groups in total. The molecule has 0 aromatic heterocycles. The minimum absolute atomic E-state index is 0.0349. The zero-order valence-electron chi connectivity index (χ0n) is 15.3. The molecule has 0 saturated heterocycles. The molecular formula is C19H18F3NO5S. The van der Waals surface area contributed by atoms with Crippen molar-refractivity contribution in [3.63, 3.8) is 0 Å². The maximum atomic E-state index is 12.5. The van der Waals surface area contributed by atoms with Gasteiger partial charge in [0.15, 0.2) is 11.5 Å². The summed E-state index contributed by atoms with van der Waals surface area (Å²) in [4.78, 5) is 11.4. The molecule has 0 spiro atoms. The monoisotopic (exact) mass is 429 g/mol. The molecule has 0 fully saturated rings. The van der Waals surface area contributed by atoms with Crippen molar-refractivity contribution in [2.75, 3.05) is 13.7 Å². The highest BCUT2D eigenvalue weighted by Gasteiger charge is 2.28. The fraction of sp³-hybridized carbons (Fsp3) is 0.211. The van der Waals surface area contributed by atoms with Gasteiger partial charge in [-0.25, -0.2) is 0 Å². The number of halogens is 3. The topological polar surface area (TPSA) is 81.7 Å². The Labute approximate surface area is 166 Å². The fourth-order valence-electron chi connectivity index (χ4n) is 2.30. The predicted molar refractivity (Wildman–Crippen MR) is 99.5 cm³/mol. The van der Waals surface area contributed by atoms with Gasteiger partial charge >= 0.3 is 16.3 Å². The third kappa shape index (κ3) is 6.24. The fourth-order valence-corrected chi connectivity index (χ4v) is 3.24. The smallest absolute Gasteiger partial charge is 0.405 e. The summed E-state index contributed by atoms with van der Waals surface area (Å²) in [5, 5.41) is 1.70. The third-order valence-electron chi connectivity index (χ3n) is 3.66. The SMILES string of the molecule is C=CCc1ccc(OS(=O)(=O)c2ccc(C(=O)NCC(F)(F)F)cc2)c(OC)c1. The molecule has 0 unspecified atom stereocenters. The summed E-state index contributed by atoms with van der Waals surface area (Å²) in [5.74, 6) is -0.810. The van der Waals surface area contributed by atoms with Crippen molar-refractivity contribution in [2.24, 2.45) is 0 Å². The number of alkyl halides is 3. The van der Waals surface area contributed by atoms with Crippen LogP contribution in [-0.4, -0.2) is 34.2 Å². The molecule has 156 valence electrons. The Morgan fingerprint density at radius 1 is 1.14 bits per heavy atom. The lowest BCUT2D eigenvalue weighted by atomic mass is 10.1. The molecule has 0 saturated carbocycles. The van der Waals surface area contributed by atoms with E-state index >= 15 is 0 Å². The quantitative estimate of drug-likeness (QED) is 0.513. The highest BCUT2D eigenvalue weighted by atomic mass is 32.2. The van der Waals surface area contributed by atoms with Crippen LogP contribution < -0.4 is 14.2 Å². The van der Waals surface area contributed by atoms with Crippen LogP contribution in [0.3, 0.4) is 0 Å². The highest BCUT2D eigenvalue weighted by Crippen LogP contribution is 2.31. The van der Waals surface area contributed by atoms with Crippen LogP contribution in [0.5, 0.6) is 11.5 Å². The van der Waals surface area contributed by atoms with Gasteiger partial charge < -0.3 is 14.2 Å². The van der Waals surface area contributed by atoms with Gasteiger partial charge in [0.1, 0.15) is 11.4 Å². The molecule has 0 aliphatic heterocycles. The predicted octanol–water partition coefficient (Wildman–Crippen LogP) is 3.48. The van der Waals surface area contributed by atoms with Crippen LogP contribution in [0.15, 0.2) is 60.0 Å². The summed E-state index contributed by atoms with van der Waals surface area (Å²) >= 11 is 0. The molecule has 0 bridgehead atoms. The first-order valence-corrected chi connectivity index (χ1v) is 9.64. The molecule has 6 nitrogen and oxygen atoms in total. The van der Waals surface area contributed by atoms with Crippen LogP contribution in [0, 0.1) is 0 Å². The summed E-state index contributed by atoms with van der Waals surface area (Å²) in [6.45, 7) is 2.13. The van der Waals surface area contributed by atoms with Gasteiger partial charge in [-0.2, -0.15) is 21.6 Å². The first-order valence-electron chi connectivity index (χ1n) is 8.23. The van der Waals surface area contributed by atoms with Gasteiger partial charge in [0, 0.05) is 5.56 Å². The Bertz CT molecular complexity index is 986. The third-order valence-corrected chi connectivity index (χ3v) is 4.91. The molecule has 2 aromatic carbocycles. The number of methoxy groups -OCH3 is 1. The molecule has 0 heterocycles. The Morgan fingerprint density at radius 3 is 2.34 bits per heavy atom. The molecule has 2 aromatic rings. The second-order valence-electron chi connectivity index (χ2n) is 5.84. The number of ether oxygens (including phenoxy) is 1. The number of benzene rings is 2. The lowest BCUT2D eigenvalue weighted by Gasteiger charge is -2.12. The van der Waals surface area contributed by atoms with E-state index in [0.717, 1.165) is 29.8 Å². The lowest BCUT2D eigenvalue weighted by Crippen LogP contribution is -2.33. The molecule has 0 atom stereocenters. The number of amides is 1. The molecule has 1 amide bonds. The largest absolute Gasteiger partial charge is 0.493 e. The lowest BCUT2D eigenvalue weighted by molar-refractivity contribution is -0.123. The summed E-state index contributed by atoms with van der Waals surface area (Å²) in [6, 6.07) is 9.02. The van der Waals surface area contributed by atoms with E-state index in [4.69, 9.17) is 8.92 Å². The molecule has 0 radical (unpaired) electrons. The van der Waals surface area contributed by atoms with Gasteiger partial charge in [0.2, 0.25) is 0 Å². The van der Waals surface area contributed by atoms with E-state index in [9.17, 15) is 26.4 Å². The maximum Gasteiger partial charge on any atom is 0.405 e. The Morgan fingerprint density at radius 2 is 1.79 bits per heavy atom. The average molecular weight is 429 g/mol. The van der Waals surface area contributed by atoms with Gasteiger partial charge in [0.25, 0.3) is 5.91 Å². The van der Waals surface area contributed by atoms with Crippen LogP contribution >= 0.6 is 0 Å². The normalized spacial score (nSPS) is 11.6. The number of carbonyl (C=O) groups excluding carboxylic acids is 1. The van der Waals surface area contributed by atoms with E-state index in [1.54, 1.807) is 23.5 Å². The number of allylic oxidation sites excluding steroid dienone is 1. The Balaban J connectivity index is 2.17. The Kier molecular flexibility index (Phi) is 6.91. The van der Waals surface area contributed by atoms with Crippen molar-refractivity contribution in [1.29, 1.82) is 0 Å². The van der Waals surface area contributed by atoms with Gasteiger partial charge in [-0.15, -0.1) is 6.58 Å². The summed E-state index contributed by atoms with van der Waals surface area (Å²) < 4.78 is 71.7. The Hall–Kier alpha value is -3.01. The van der Waals surface area contributed by atoms with Crippen molar-refractivity contribution >= 4 is 16.0 Å². The number of hydrogen-bond donors (Lipinski definition) is 1. The van der Waals surface area contributed by atoms with Gasteiger partial charge in [-0.05, 0) is 48.4 Å². The number of rotatable bonds is 8. The first kappa shape index (κ1) is 22.3. The van der Waals surface area contributed by atoms with E-state index in [1.165, 1.54) is 13.2 Å². The second kappa shape index (κ2) is 8.99. The van der Waals surface area contributed by atoms with E-state index in [-0.39, 0.29) is 22.0 Å². The maximum absolute atomic E-state index is 12.5. The summed E-state index contributed by atoms with van der Waals surface area (Å²) in [5.41, 5.74) is 0.718. The zero-order chi connectivity index (χ0) is 21.7.